The molecule has 0 bridgehead atoms. The molecule has 0 radical (unpaired) electrons. The van der Waals surface area contributed by atoms with E-state index in [4.69, 9.17) is 5.11 Å². The summed E-state index contributed by atoms with van der Waals surface area (Å²) < 4.78 is 26.8. The minimum absolute atomic E-state index is 0.0150. The van der Waals surface area contributed by atoms with Crippen LogP contribution in [0.25, 0.3) is 0 Å². The van der Waals surface area contributed by atoms with Crippen LogP contribution in [0.1, 0.15) is 34.3 Å². The van der Waals surface area contributed by atoms with E-state index in [1.165, 1.54) is 18.2 Å². The number of aryl methyl sites for hydroxylation is 1. The summed E-state index contributed by atoms with van der Waals surface area (Å²) in [5.74, 6) is -3.88. The van der Waals surface area contributed by atoms with Crippen molar-refractivity contribution in [3.63, 3.8) is 0 Å². The molecule has 4 heteroatoms. The highest BCUT2D eigenvalue weighted by Crippen LogP contribution is 2.40. The van der Waals surface area contributed by atoms with E-state index in [1.807, 2.05) is 0 Å². The summed E-state index contributed by atoms with van der Waals surface area (Å²) in [5, 5.41) is 8.73. The third-order valence-corrected chi connectivity index (χ3v) is 2.68. The first-order valence-corrected chi connectivity index (χ1v) is 4.75. The van der Waals surface area contributed by atoms with Crippen molar-refractivity contribution in [2.75, 3.05) is 0 Å². The molecule has 0 fully saturated rings. The number of carbonyl (C=O) groups is 1. The second-order valence-electron chi connectivity index (χ2n) is 3.74. The largest absolute Gasteiger partial charge is 0.478 e. The molecule has 80 valence electrons. The molecule has 0 amide bonds. The van der Waals surface area contributed by atoms with E-state index < -0.39 is 11.9 Å². The summed E-state index contributed by atoms with van der Waals surface area (Å²) in [7, 11) is 0. The van der Waals surface area contributed by atoms with E-state index in [1.54, 1.807) is 0 Å². The maximum Gasteiger partial charge on any atom is 0.335 e. The van der Waals surface area contributed by atoms with E-state index in [9.17, 15) is 13.6 Å². The summed E-state index contributed by atoms with van der Waals surface area (Å²) >= 11 is 0. The molecule has 1 aliphatic carbocycles. The summed E-state index contributed by atoms with van der Waals surface area (Å²) in [6.07, 6.45) is 0.793. The van der Waals surface area contributed by atoms with Crippen LogP contribution in [-0.4, -0.2) is 11.1 Å². The molecule has 0 aliphatic heterocycles. The predicted octanol–water partition coefficient (Wildman–Crippen LogP) is 2.81. The average molecular weight is 212 g/mol. The molecule has 0 saturated carbocycles. The maximum atomic E-state index is 13.4. The highest BCUT2D eigenvalue weighted by molar-refractivity contribution is 5.88. The third kappa shape index (κ3) is 1.71. The van der Waals surface area contributed by atoms with Crippen molar-refractivity contribution < 1.29 is 18.7 Å². The van der Waals surface area contributed by atoms with Crippen LogP contribution in [0.3, 0.4) is 0 Å². The number of benzene rings is 1. The lowest BCUT2D eigenvalue weighted by molar-refractivity contribution is -0.0217. The Labute approximate surface area is 85.5 Å². The van der Waals surface area contributed by atoms with Gasteiger partial charge in [-0.15, -0.1) is 0 Å². The monoisotopic (exact) mass is 212 g/mol. The molecule has 15 heavy (non-hydrogen) atoms. The lowest BCUT2D eigenvalue weighted by Gasteiger charge is -2.25. The van der Waals surface area contributed by atoms with Gasteiger partial charge in [0.25, 0.3) is 5.92 Å². The van der Waals surface area contributed by atoms with Gasteiger partial charge in [0.2, 0.25) is 0 Å². The molecular weight excluding hydrogens is 202 g/mol. The van der Waals surface area contributed by atoms with Gasteiger partial charge in [0.15, 0.2) is 0 Å². The van der Waals surface area contributed by atoms with Crippen molar-refractivity contribution in [2.24, 2.45) is 0 Å². The summed E-state index contributed by atoms with van der Waals surface area (Å²) in [6, 6.07) is 3.82. The number of alkyl halides is 2. The Balaban J connectivity index is 2.50. The smallest absolute Gasteiger partial charge is 0.335 e. The Kier molecular flexibility index (Phi) is 2.21. The second-order valence-corrected chi connectivity index (χ2v) is 3.74. The Morgan fingerprint density at radius 1 is 1.40 bits per heavy atom. The van der Waals surface area contributed by atoms with Gasteiger partial charge in [-0.2, -0.15) is 0 Å². The van der Waals surface area contributed by atoms with Gasteiger partial charge in [-0.05, 0) is 30.5 Å². The zero-order valence-corrected chi connectivity index (χ0v) is 7.96. The van der Waals surface area contributed by atoms with E-state index in [0.717, 1.165) is 0 Å². The zero-order valence-electron chi connectivity index (χ0n) is 7.96. The van der Waals surface area contributed by atoms with Crippen molar-refractivity contribution in [1.29, 1.82) is 0 Å². The van der Waals surface area contributed by atoms with Crippen molar-refractivity contribution >= 4 is 5.97 Å². The van der Waals surface area contributed by atoms with Gasteiger partial charge in [-0.25, -0.2) is 13.6 Å². The number of rotatable bonds is 1. The molecule has 2 nitrogen and oxygen atoms in total. The first-order chi connectivity index (χ1) is 7.00. The summed E-state index contributed by atoms with van der Waals surface area (Å²) in [4.78, 5) is 10.7. The molecule has 1 aromatic carbocycles. The first-order valence-electron chi connectivity index (χ1n) is 4.75. The Morgan fingerprint density at radius 3 is 2.80 bits per heavy atom. The van der Waals surface area contributed by atoms with Crippen molar-refractivity contribution in [3.05, 3.63) is 34.9 Å². The van der Waals surface area contributed by atoms with Crippen molar-refractivity contribution in [2.45, 2.75) is 25.2 Å². The van der Waals surface area contributed by atoms with Crippen LogP contribution in [-0.2, 0) is 12.3 Å². The molecule has 0 heterocycles. The van der Waals surface area contributed by atoms with E-state index >= 15 is 0 Å². The highest BCUT2D eigenvalue weighted by Gasteiger charge is 2.36. The second kappa shape index (κ2) is 3.29. The highest BCUT2D eigenvalue weighted by atomic mass is 19.3. The lowest BCUT2D eigenvalue weighted by Crippen LogP contribution is -2.21. The fourth-order valence-electron chi connectivity index (χ4n) is 1.93. The summed E-state index contributed by atoms with van der Waals surface area (Å²) in [5.41, 5.74) is 0.524. The van der Waals surface area contributed by atoms with Crippen LogP contribution in [0.4, 0.5) is 8.78 Å². The van der Waals surface area contributed by atoms with Crippen LogP contribution >= 0.6 is 0 Å². The number of hydrogen-bond donors (Lipinski definition) is 1. The Morgan fingerprint density at radius 2 is 2.13 bits per heavy atom. The SMILES string of the molecule is O=C(O)c1ccc2c(c1)CCCC2(F)F. The summed E-state index contributed by atoms with van der Waals surface area (Å²) in [6.45, 7) is 0. The molecule has 1 N–H and O–H groups in total. The van der Waals surface area contributed by atoms with Crippen LogP contribution in [0.5, 0.6) is 0 Å². The standard InChI is InChI=1S/C11H10F2O2/c12-11(13)5-1-2-7-6-8(10(14)15)3-4-9(7)11/h3-4,6H,1-2,5H2,(H,14,15). The van der Waals surface area contributed by atoms with Gasteiger partial charge in [0.1, 0.15) is 0 Å². The van der Waals surface area contributed by atoms with Crippen molar-refractivity contribution in [1.82, 2.24) is 0 Å². The van der Waals surface area contributed by atoms with Gasteiger partial charge in [-0.1, -0.05) is 6.07 Å². The average Bonchev–Trinajstić information content (AvgIpc) is 2.16. The van der Waals surface area contributed by atoms with Crippen LogP contribution in [0.2, 0.25) is 0 Å². The van der Waals surface area contributed by atoms with Gasteiger partial charge >= 0.3 is 5.97 Å². The van der Waals surface area contributed by atoms with Gasteiger partial charge < -0.3 is 5.11 Å². The third-order valence-electron chi connectivity index (χ3n) is 2.68. The van der Waals surface area contributed by atoms with Gasteiger partial charge in [0, 0.05) is 12.0 Å². The first kappa shape index (κ1) is 10.1. The maximum absolute atomic E-state index is 13.4. The minimum atomic E-state index is -2.80. The number of carboxylic acids is 1. The van der Waals surface area contributed by atoms with Crippen LogP contribution in [0.15, 0.2) is 18.2 Å². The van der Waals surface area contributed by atoms with E-state index in [0.29, 0.717) is 18.4 Å². The molecule has 1 aliphatic rings. The zero-order chi connectivity index (χ0) is 11.1. The Hall–Kier alpha value is -1.45. The molecule has 2 rings (SSSR count). The molecule has 0 saturated heterocycles. The molecule has 1 aromatic rings. The molecule has 0 unspecified atom stereocenters. The predicted molar refractivity (Wildman–Crippen MR) is 50.2 cm³/mol. The number of hydrogen-bond acceptors (Lipinski definition) is 1. The molecule has 0 spiro atoms. The van der Waals surface area contributed by atoms with Gasteiger partial charge in [-0.3, -0.25) is 0 Å². The fourth-order valence-corrected chi connectivity index (χ4v) is 1.93. The quantitative estimate of drug-likeness (QED) is 0.777. The van der Waals surface area contributed by atoms with Crippen LogP contribution in [0, 0.1) is 0 Å². The number of fused-ring (bicyclic) bond motifs is 1. The molecule has 0 aromatic heterocycles. The number of halogens is 2. The normalized spacial score (nSPS) is 18.3. The van der Waals surface area contributed by atoms with Crippen LogP contribution < -0.4 is 0 Å². The van der Waals surface area contributed by atoms with E-state index in [-0.39, 0.29) is 17.5 Å². The molecular formula is C11H10F2O2. The Bertz CT molecular complexity index is 413. The number of aromatic carboxylic acids is 1. The van der Waals surface area contributed by atoms with E-state index in [2.05, 4.69) is 0 Å². The fraction of sp³-hybridized carbons (Fsp3) is 0.364. The molecule has 0 atom stereocenters. The lowest BCUT2D eigenvalue weighted by atomic mass is 9.87. The topological polar surface area (TPSA) is 37.3 Å². The minimum Gasteiger partial charge on any atom is -0.478 e. The van der Waals surface area contributed by atoms with Gasteiger partial charge in [0.05, 0.1) is 5.56 Å². The number of carboxylic acid groups (broad SMARTS) is 1. The van der Waals surface area contributed by atoms with Crippen molar-refractivity contribution in [3.8, 4) is 0 Å².